The minimum Gasteiger partial charge on any atom is -0.618 e. The molecular weight excluding hydrogens is 186 g/mol. The van der Waals surface area contributed by atoms with Gasteiger partial charge in [0.1, 0.15) is 0 Å². The van der Waals surface area contributed by atoms with Gasteiger partial charge in [-0.3, -0.25) is 0 Å². The van der Waals surface area contributed by atoms with Crippen molar-refractivity contribution < 1.29 is 4.73 Å². The monoisotopic (exact) mass is 201 g/mol. The molecule has 0 aliphatic heterocycles. The van der Waals surface area contributed by atoms with Crippen LogP contribution in [0.1, 0.15) is 26.3 Å². The molecule has 0 radical (unpaired) electrons. The number of benzene rings is 1. The van der Waals surface area contributed by atoms with Crippen molar-refractivity contribution in [2.45, 2.75) is 26.2 Å². The van der Waals surface area contributed by atoms with E-state index in [-0.39, 0.29) is 5.41 Å². The van der Waals surface area contributed by atoms with E-state index in [0.717, 1.165) is 21.2 Å². The first kappa shape index (κ1) is 9.97. The van der Waals surface area contributed by atoms with Gasteiger partial charge in [-0.1, -0.05) is 32.9 Å². The van der Waals surface area contributed by atoms with E-state index in [1.165, 1.54) is 0 Å². The fourth-order valence-electron chi connectivity index (χ4n) is 1.85. The molecule has 2 nitrogen and oxygen atoms in total. The molecule has 0 N–H and O–H groups in total. The van der Waals surface area contributed by atoms with Crippen LogP contribution in [-0.2, 0) is 5.41 Å². The molecule has 0 unspecified atom stereocenters. The molecule has 0 fully saturated rings. The van der Waals surface area contributed by atoms with Crippen molar-refractivity contribution in [3.63, 3.8) is 0 Å². The van der Waals surface area contributed by atoms with E-state index in [1.807, 2.05) is 24.3 Å². The average Bonchev–Trinajstić information content (AvgIpc) is 2.16. The highest BCUT2D eigenvalue weighted by Crippen LogP contribution is 2.27. The van der Waals surface area contributed by atoms with E-state index < -0.39 is 0 Å². The predicted molar refractivity (Wildman–Crippen MR) is 61.6 cm³/mol. The SMILES string of the molecule is CC(C)(C)c1cccc2ccc[n+]([O-])c12. The average molecular weight is 201 g/mol. The van der Waals surface area contributed by atoms with Crippen LogP contribution in [0.4, 0.5) is 0 Å². The third-order valence-corrected chi connectivity index (χ3v) is 2.59. The summed E-state index contributed by atoms with van der Waals surface area (Å²) in [5.74, 6) is 0. The lowest BCUT2D eigenvalue weighted by atomic mass is 9.85. The molecule has 0 aliphatic carbocycles. The van der Waals surface area contributed by atoms with Gasteiger partial charge < -0.3 is 5.21 Å². The summed E-state index contributed by atoms with van der Waals surface area (Å²) >= 11 is 0. The molecule has 2 aromatic rings. The molecule has 0 saturated carbocycles. The Bertz CT molecular complexity index is 492. The molecule has 78 valence electrons. The third-order valence-electron chi connectivity index (χ3n) is 2.59. The van der Waals surface area contributed by atoms with Gasteiger partial charge in [0.15, 0.2) is 6.20 Å². The first-order valence-corrected chi connectivity index (χ1v) is 5.11. The summed E-state index contributed by atoms with van der Waals surface area (Å²) in [6.45, 7) is 6.36. The van der Waals surface area contributed by atoms with Gasteiger partial charge in [-0.15, -0.1) is 0 Å². The van der Waals surface area contributed by atoms with Gasteiger partial charge in [0.05, 0.1) is 0 Å². The van der Waals surface area contributed by atoms with Crippen LogP contribution in [0.2, 0.25) is 0 Å². The normalized spacial score (nSPS) is 11.9. The Kier molecular flexibility index (Phi) is 2.14. The molecule has 0 saturated heterocycles. The van der Waals surface area contributed by atoms with Crippen LogP contribution >= 0.6 is 0 Å². The second kappa shape index (κ2) is 3.23. The number of fused-ring (bicyclic) bond motifs is 1. The molecule has 1 aromatic carbocycles. The van der Waals surface area contributed by atoms with Gasteiger partial charge in [0.2, 0.25) is 5.52 Å². The van der Waals surface area contributed by atoms with E-state index in [4.69, 9.17) is 0 Å². The lowest BCUT2D eigenvalue weighted by Gasteiger charge is -2.19. The molecule has 2 rings (SSSR count). The number of hydrogen-bond acceptors (Lipinski definition) is 1. The first-order chi connectivity index (χ1) is 7.00. The summed E-state index contributed by atoms with van der Waals surface area (Å²) in [5.41, 5.74) is 1.87. The van der Waals surface area contributed by atoms with Crippen molar-refractivity contribution in [2.75, 3.05) is 0 Å². The fraction of sp³-hybridized carbons (Fsp3) is 0.308. The van der Waals surface area contributed by atoms with Crippen LogP contribution < -0.4 is 4.73 Å². The number of aromatic nitrogens is 1. The summed E-state index contributed by atoms with van der Waals surface area (Å²) < 4.78 is 0.954. The van der Waals surface area contributed by atoms with Crippen molar-refractivity contribution >= 4 is 10.9 Å². The maximum atomic E-state index is 11.8. The Morgan fingerprint density at radius 1 is 1.07 bits per heavy atom. The zero-order valence-corrected chi connectivity index (χ0v) is 9.32. The van der Waals surface area contributed by atoms with E-state index in [9.17, 15) is 5.21 Å². The minimum absolute atomic E-state index is 0.00692. The van der Waals surface area contributed by atoms with Gasteiger partial charge in [-0.25, -0.2) is 0 Å². The van der Waals surface area contributed by atoms with Crippen LogP contribution in [0, 0.1) is 5.21 Å². The molecule has 2 heteroatoms. The van der Waals surface area contributed by atoms with Gasteiger partial charge in [0.25, 0.3) is 0 Å². The summed E-state index contributed by atoms with van der Waals surface area (Å²) in [6, 6.07) is 9.75. The molecule has 0 amide bonds. The summed E-state index contributed by atoms with van der Waals surface area (Å²) in [6.07, 6.45) is 1.55. The predicted octanol–water partition coefficient (Wildman–Crippen LogP) is 2.77. The van der Waals surface area contributed by atoms with E-state index in [2.05, 4.69) is 20.8 Å². The molecule has 15 heavy (non-hydrogen) atoms. The van der Waals surface area contributed by atoms with Crippen molar-refractivity contribution in [2.24, 2.45) is 0 Å². The Hall–Kier alpha value is -1.57. The van der Waals surface area contributed by atoms with Gasteiger partial charge in [-0.2, -0.15) is 4.73 Å². The minimum atomic E-state index is -0.00692. The lowest BCUT2D eigenvalue weighted by Crippen LogP contribution is -2.29. The highest BCUT2D eigenvalue weighted by Gasteiger charge is 2.21. The van der Waals surface area contributed by atoms with Crippen LogP contribution in [0.15, 0.2) is 36.5 Å². The second-order valence-electron chi connectivity index (χ2n) is 4.83. The molecular formula is C13H15NO. The summed E-state index contributed by atoms with van der Waals surface area (Å²) in [7, 11) is 0. The van der Waals surface area contributed by atoms with Crippen LogP contribution in [0.5, 0.6) is 0 Å². The van der Waals surface area contributed by atoms with Crippen molar-refractivity contribution in [3.8, 4) is 0 Å². The zero-order chi connectivity index (χ0) is 11.1. The number of pyridine rings is 1. The second-order valence-corrected chi connectivity index (χ2v) is 4.83. The van der Waals surface area contributed by atoms with Crippen molar-refractivity contribution in [1.82, 2.24) is 0 Å². The Balaban J connectivity index is 2.86. The maximum absolute atomic E-state index is 11.8. The third kappa shape index (κ3) is 1.67. The molecule has 0 atom stereocenters. The standard InChI is InChI=1S/C13H15NO/c1-13(2,3)11-8-4-6-10-7-5-9-14(15)12(10)11/h4-9H,1-3H3. The van der Waals surface area contributed by atoms with Crippen molar-refractivity contribution in [1.29, 1.82) is 0 Å². The zero-order valence-electron chi connectivity index (χ0n) is 9.32. The summed E-state index contributed by atoms with van der Waals surface area (Å²) in [4.78, 5) is 0. The van der Waals surface area contributed by atoms with Crippen LogP contribution in [-0.4, -0.2) is 0 Å². The molecule has 1 aromatic heterocycles. The Morgan fingerprint density at radius 3 is 2.40 bits per heavy atom. The molecule has 0 aliphatic rings. The van der Waals surface area contributed by atoms with Gasteiger partial charge in [0, 0.05) is 17.0 Å². The Labute approximate surface area is 89.8 Å². The quantitative estimate of drug-likeness (QED) is 0.475. The topological polar surface area (TPSA) is 26.9 Å². The largest absolute Gasteiger partial charge is 0.618 e. The maximum Gasteiger partial charge on any atom is 0.227 e. The number of nitrogens with zero attached hydrogens (tertiary/aromatic N) is 1. The smallest absolute Gasteiger partial charge is 0.227 e. The number of hydrogen-bond donors (Lipinski definition) is 0. The highest BCUT2D eigenvalue weighted by molar-refractivity contribution is 5.79. The van der Waals surface area contributed by atoms with Gasteiger partial charge in [-0.05, 0) is 17.5 Å². The van der Waals surface area contributed by atoms with Crippen LogP contribution in [0.3, 0.4) is 0 Å². The molecule has 0 spiro atoms. The molecule has 0 bridgehead atoms. The lowest BCUT2D eigenvalue weighted by molar-refractivity contribution is -0.577. The Morgan fingerprint density at radius 2 is 1.73 bits per heavy atom. The van der Waals surface area contributed by atoms with Crippen molar-refractivity contribution in [3.05, 3.63) is 47.3 Å². The van der Waals surface area contributed by atoms with Crippen LogP contribution in [0.25, 0.3) is 10.9 Å². The summed E-state index contributed by atoms with van der Waals surface area (Å²) in [5, 5.41) is 12.8. The van der Waals surface area contributed by atoms with E-state index in [1.54, 1.807) is 12.3 Å². The van der Waals surface area contributed by atoms with E-state index >= 15 is 0 Å². The number of para-hydroxylation sites is 1. The highest BCUT2D eigenvalue weighted by atomic mass is 16.5. The van der Waals surface area contributed by atoms with E-state index in [0.29, 0.717) is 0 Å². The first-order valence-electron chi connectivity index (χ1n) is 5.11. The number of rotatable bonds is 0. The molecule has 1 heterocycles. The fourth-order valence-corrected chi connectivity index (χ4v) is 1.85. The van der Waals surface area contributed by atoms with Gasteiger partial charge >= 0.3 is 0 Å².